The van der Waals surface area contributed by atoms with Gasteiger partial charge in [0.1, 0.15) is 5.82 Å². The number of carbonyl (C=O) groups is 1. The first kappa shape index (κ1) is 26.4. The van der Waals surface area contributed by atoms with E-state index in [9.17, 15) is 4.79 Å². The van der Waals surface area contributed by atoms with Gasteiger partial charge in [-0.05, 0) is 77.0 Å². The highest BCUT2D eigenvalue weighted by Gasteiger charge is 2.19. The van der Waals surface area contributed by atoms with E-state index in [-0.39, 0.29) is 5.78 Å². The summed E-state index contributed by atoms with van der Waals surface area (Å²) < 4.78 is 0. The molecule has 1 aliphatic carbocycles. The van der Waals surface area contributed by atoms with Gasteiger partial charge in [0, 0.05) is 36.9 Å². The summed E-state index contributed by atoms with van der Waals surface area (Å²) in [6.07, 6.45) is 9.59. The Labute approximate surface area is 199 Å². The molecule has 1 aromatic carbocycles. The zero-order valence-electron chi connectivity index (χ0n) is 21.4. The number of hydrogen-bond donors (Lipinski definition) is 2. The number of carbonyl (C=O) groups excluding carboxylic acids is 1. The molecule has 0 radical (unpaired) electrons. The van der Waals surface area contributed by atoms with Crippen molar-refractivity contribution < 1.29 is 4.79 Å². The SMILES string of the molecule is C/C=C(\CC)N/C(C)=C/C(C)=O.CC1CCC(Nc2nc(N(C)C)c3ccccc3n2)CC1. The lowest BCUT2D eigenvalue weighted by atomic mass is 9.87. The number of hydrogen-bond acceptors (Lipinski definition) is 6. The van der Waals surface area contributed by atoms with Crippen LogP contribution >= 0.6 is 0 Å². The molecule has 2 aromatic rings. The number of rotatable bonds is 7. The first-order chi connectivity index (χ1) is 15.7. The molecule has 3 rings (SSSR count). The third-order valence-corrected chi connectivity index (χ3v) is 5.86. The van der Waals surface area contributed by atoms with Gasteiger partial charge in [-0.25, -0.2) is 4.98 Å². The molecule has 1 aliphatic rings. The van der Waals surface area contributed by atoms with Crippen molar-refractivity contribution in [2.75, 3.05) is 24.3 Å². The largest absolute Gasteiger partial charge is 0.363 e. The van der Waals surface area contributed by atoms with E-state index >= 15 is 0 Å². The van der Waals surface area contributed by atoms with Crippen LogP contribution in [0.25, 0.3) is 10.9 Å². The molecule has 180 valence electrons. The maximum Gasteiger partial charge on any atom is 0.225 e. The zero-order chi connectivity index (χ0) is 24.4. The summed E-state index contributed by atoms with van der Waals surface area (Å²) in [5.74, 6) is 2.67. The molecule has 6 heteroatoms. The molecule has 1 saturated carbocycles. The summed E-state index contributed by atoms with van der Waals surface area (Å²) in [5.41, 5.74) is 3.05. The molecule has 0 saturated heterocycles. The van der Waals surface area contributed by atoms with Crippen LogP contribution < -0.4 is 15.5 Å². The Bertz CT molecular complexity index is 972. The number of allylic oxidation sites excluding steroid dienone is 4. The summed E-state index contributed by atoms with van der Waals surface area (Å²) in [7, 11) is 4.06. The van der Waals surface area contributed by atoms with Crippen LogP contribution in [0.3, 0.4) is 0 Å². The monoisotopic (exact) mass is 451 g/mol. The van der Waals surface area contributed by atoms with Crippen LogP contribution in [-0.2, 0) is 4.79 Å². The molecule has 6 nitrogen and oxygen atoms in total. The second kappa shape index (κ2) is 13.0. The Morgan fingerprint density at radius 2 is 1.79 bits per heavy atom. The van der Waals surface area contributed by atoms with Crippen molar-refractivity contribution in [2.24, 2.45) is 5.92 Å². The number of ketones is 1. The maximum atomic E-state index is 10.7. The molecule has 0 spiro atoms. The van der Waals surface area contributed by atoms with Crippen molar-refractivity contribution in [3.8, 4) is 0 Å². The Kier molecular flexibility index (Phi) is 10.4. The first-order valence-electron chi connectivity index (χ1n) is 12.0. The van der Waals surface area contributed by atoms with Gasteiger partial charge in [-0.3, -0.25) is 4.79 Å². The quantitative estimate of drug-likeness (QED) is 0.498. The van der Waals surface area contributed by atoms with Gasteiger partial charge in [0.15, 0.2) is 5.78 Å². The standard InChI is InChI=1S/C17H24N4.C10H17NO/c1-12-8-10-13(11-9-12)18-17-19-15-7-5-4-6-14(15)16(20-17)21(2)3;1-5-10(6-2)11-8(3)7-9(4)12/h4-7,12-13H,8-11H2,1-3H3,(H,18,19,20);5,7,11H,6H2,1-4H3/b;8-7+,10-5+. The number of aromatic nitrogens is 2. The number of benzene rings is 1. The fourth-order valence-corrected chi connectivity index (χ4v) is 4.01. The molecular weight excluding hydrogens is 410 g/mol. The Morgan fingerprint density at radius 1 is 1.12 bits per heavy atom. The van der Waals surface area contributed by atoms with Crippen molar-refractivity contribution in [1.29, 1.82) is 0 Å². The van der Waals surface area contributed by atoms with Crippen LogP contribution in [0.1, 0.15) is 66.7 Å². The van der Waals surface area contributed by atoms with Gasteiger partial charge in [-0.2, -0.15) is 4.98 Å². The van der Waals surface area contributed by atoms with Gasteiger partial charge in [0.2, 0.25) is 5.95 Å². The van der Waals surface area contributed by atoms with Crippen LogP contribution in [0, 0.1) is 5.92 Å². The normalized spacial score (nSPS) is 18.9. The summed E-state index contributed by atoms with van der Waals surface area (Å²) >= 11 is 0. The molecule has 0 unspecified atom stereocenters. The molecule has 2 N–H and O–H groups in total. The predicted octanol–water partition coefficient (Wildman–Crippen LogP) is 6.07. The van der Waals surface area contributed by atoms with E-state index in [4.69, 9.17) is 4.98 Å². The number of fused-ring (bicyclic) bond motifs is 1. The number of nitrogens with one attached hydrogen (secondary N) is 2. The minimum absolute atomic E-state index is 0.0755. The summed E-state index contributed by atoms with van der Waals surface area (Å²) in [5, 5.41) is 7.79. The van der Waals surface area contributed by atoms with Crippen molar-refractivity contribution in [2.45, 2.75) is 72.8 Å². The van der Waals surface area contributed by atoms with Crippen molar-refractivity contribution in [3.63, 3.8) is 0 Å². The minimum Gasteiger partial charge on any atom is -0.363 e. The summed E-state index contributed by atoms with van der Waals surface area (Å²) in [4.78, 5) is 22.1. The van der Waals surface area contributed by atoms with Gasteiger partial charge in [-0.15, -0.1) is 0 Å². The number of nitrogens with zero attached hydrogens (tertiary/aromatic N) is 3. The molecule has 0 bridgehead atoms. The van der Waals surface area contributed by atoms with Gasteiger partial charge >= 0.3 is 0 Å². The van der Waals surface area contributed by atoms with E-state index in [0.29, 0.717) is 6.04 Å². The van der Waals surface area contributed by atoms with Crippen LogP contribution in [0.5, 0.6) is 0 Å². The highest BCUT2D eigenvalue weighted by atomic mass is 16.1. The Hall–Kier alpha value is -2.89. The van der Waals surface area contributed by atoms with Gasteiger partial charge in [0.05, 0.1) is 5.52 Å². The van der Waals surface area contributed by atoms with E-state index in [2.05, 4.69) is 46.5 Å². The average molecular weight is 452 g/mol. The zero-order valence-corrected chi connectivity index (χ0v) is 21.4. The van der Waals surface area contributed by atoms with Crippen molar-refractivity contribution in [1.82, 2.24) is 15.3 Å². The van der Waals surface area contributed by atoms with Crippen molar-refractivity contribution >= 4 is 28.5 Å². The second-order valence-corrected chi connectivity index (χ2v) is 9.11. The van der Waals surface area contributed by atoms with Gasteiger partial charge in [0.25, 0.3) is 0 Å². The van der Waals surface area contributed by atoms with E-state index in [0.717, 1.165) is 46.4 Å². The predicted molar refractivity (Wildman–Crippen MR) is 141 cm³/mol. The van der Waals surface area contributed by atoms with E-state index in [1.807, 2.05) is 46.2 Å². The topological polar surface area (TPSA) is 70.2 Å². The first-order valence-corrected chi connectivity index (χ1v) is 12.0. The lowest BCUT2D eigenvalue weighted by Crippen LogP contribution is -2.26. The Balaban J connectivity index is 0.000000277. The molecule has 33 heavy (non-hydrogen) atoms. The molecule has 0 atom stereocenters. The fourth-order valence-electron chi connectivity index (χ4n) is 4.01. The number of para-hydroxylation sites is 1. The maximum absolute atomic E-state index is 10.7. The molecule has 1 fully saturated rings. The summed E-state index contributed by atoms with van der Waals surface area (Å²) in [6.45, 7) is 9.83. The van der Waals surface area contributed by atoms with Gasteiger partial charge < -0.3 is 15.5 Å². The third kappa shape index (κ3) is 8.52. The minimum atomic E-state index is 0.0755. The second-order valence-electron chi connectivity index (χ2n) is 9.11. The van der Waals surface area contributed by atoms with Crippen LogP contribution in [0.2, 0.25) is 0 Å². The van der Waals surface area contributed by atoms with Gasteiger partial charge in [-0.1, -0.05) is 32.1 Å². The van der Waals surface area contributed by atoms with E-state index < -0.39 is 0 Å². The molecule has 0 amide bonds. The number of anilines is 2. The highest BCUT2D eigenvalue weighted by molar-refractivity contribution is 5.90. The van der Waals surface area contributed by atoms with Crippen LogP contribution in [0.15, 0.2) is 47.8 Å². The Morgan fingerprint density at radius 3 is 2.36 bits per heavy atom. The highest BCUT2D eigenvalue weighted by Crippen LogP contribution is 2.27. The summed E-state index contributed by atoms with van der Waals surface area (Å²) in [6, 6.07) is 8.71. The molecule has 0 aliphatic heterocycles. The smallest absolute Gasteiger partial charge is 0.225 e. The van der Waals surface area contributed by atoms with Crippen LogP contribution in [-0.4, -0.2) is 35.9 Å². The lowest BCUT2D eigenvalue weighted by molar-refractivity contribution is -0.112. The lowest BCUT2D eigenvalue weighted by Gasteiger charge is -2.27. The fraction of sp³-hybridized carbons (Fsp3) is 0.519. The molecule has 1 aromatic heterocycles. The molecule has 1 heterocycles. The van der Waals surface area contributed by atoms with Crippen LogP contribution in [0.4, 0.5) is 11.8 Å². The van der Waals surface area contributed by atoms with Crippen molar-refractivity contribution in [3.05, 3.63) is 47.8 Å². The van der Waals surface area contributed by atoms with E-state index in [1.54, 1.807) is 13.0 Å². The average Bonchev–Trinajstić information content (AvgIpc) is 2.78. The third-order valence-electron chi connectivity index (χ3n) is 5.86. The van der Waals surface area contributed by atoms with E-state index in [1.165, 1.54) is 25.7 Å². The molecular formula is C27H41N5O.